The van der Waals surface area contributed by atoms with E-state index < -0.39 is 23.7 Å². The molecule has 0 aliphatic heterocycles. The summed E-state index contributed by atoms with van der Waals surface area (Å²) >= 11 is 0. The third kappa shape index (κ3) is 12.8. The molecule has 1 aromatic carbocycles. The van der Waals surface area contributed by atoms with Crippen molar-refractivity contribution in [1.29, 1.82) is 0 Å². The standard InChI is InChI=1S/C27H44FNO3/c1-4-5-6-7-8-9-10-11-12-13-14-15-16-21-32-27(31)25(22(2)3)29-26(30)23-17-19-24(28)20-18-23/h17-20,22,25H,4-16,21H2,1-3H3,(H,29,30). The third-order valence-electron chi connectivity index (χ3n) is 5.81. The van der Waals surface area contributed by atoms with Crippen molar-refractivity contribution in [2.75, 3.05) is 6.61 Å². The van der Waals surface area contributed by atoms with E-state index in [9.17, 15) is 14.0 Å². The van der Waals surface area contributed by atoms with Gasteiger partial charge in [-0.05, 0) is 36.6 Å². The molecule has 4 nitrogen and oxygen atoms in total. The van der Waals surface area contributed by atoms with Gasteiger partial charge in [0, 0.05) is 5.56 Å². The van der Waals surface area contributed by atoms with Crippen molar-refractivity contribution in [2.45, 2.75) is 110 Å². The van der Waals surface area contributed by atoms with Gasteiger partial charge in [0.1, 0.15) is 11.9 Å². The van der Waals surface area contributed by atoms with Crippen LogP contribution in [0.15, 0.2) is 24.3 Å². The number of hydrogen-bond acceptors (Lipinski definition) is 3. The van der Waals surface area contributed by atoms with Crippen molar-refractivity contribution in [1.82, 2.24) is 5.32 Å². The van der Waals surface area contributed by atoms with E-state index in [1.165, 1.54) is 94.9 Å². The average Bonchev–Trinajstić information content (AvgIpc) is 2.77. The Morgan fingerprint density at radius 3 is 1.75 bits per heavy atom. The molecule has 1 rings (SSSR count). The van der Waals surface area contributed by atoms with Crippen molar-refractivity contribution < 1.29 is 18.7 Å². The maximum atomic E-state index is 13.0. The molecule has 5 heteroatoms. The summed E-state index contributed by atoms with van der Waals surface area (Å²) in [5, 5.41) is 2.72. The highest BCUT2D eigenvalue weighted by Gasteiger charge is 2.26. The van der Waals surface area contributed by atoms with Crippen LogP contribution in [0.3, 0.4) is 0 Å². The highest BCUT2D eigenvalue weighted by atomic mass is 19.1. The first-order chi connectivity index (χ1) is 15.5. The van der Waals surface area contributed by atoms with Crippen molar-refractivity contribution in [3.8, 4) is 0 Å². The lowest BCUT2D eigenvalue weighted by Crippen LogP contribution is -2.45. The Balaban J connectivity index is 2.11. The molecule has 0 saturated carbocycles. The van der Waals surface area contributed by atoms with Gasteiger partial charge in [0.05, 0.1) is 6.61 Å². The van der Waals surface area contributed by atoms with Crippen LogP contribution in [-0.4, -0.2) is 24.5 Å². The second-order valence-electron chi connectivity index (χ2n) is 9.11. The molecule has 0 radical (unpaired) electrons. The number of esters is 1. The van der Waals surface area contributed by atoms with Crippen LogP contribution in [0, 0.1) is 11.7 Å². The van der Waals surface area contributed by atoms with E-state index in [0.717, 1.165) is 12.8 Å². The van der Waals surface area contributed by atoms with Gasteiger partial charge in [-0.25, -0.2) is 9.18 Å². The predicted molar refractivity (Wildman–Crippen MR) is 129 cm³/mol. The summed E-state index contributed by atoms with van der Waals surface area (Å²) in [6.45, 7) is 6.36. The maximum Gasteiger partial charge on any atom is 0.328 e. The van der Waals surface area contributed by atoms with Gasteiger partial charge in [0.25, 0.3) is 5.91 Å². The van der Waals surface area contributed by atoms with Gasteiger partial charge >= 0.3 is 5.97 Å². The van der Waals surface area contributed by atoms with Crippen LogP contribution in [0.2, 0.25) is 0 Å². The van der Waals surface area contributed by atoms with E-state index in [0.29, 0.717) is 12.2 Å². The number of carbonyl (C=O) groups is 2. The van der Waals surface area contributed by atoms with Crippen LogP contribution in [-0.2, 0) is 9.53 Å². The number of amides is 1. The zero-order chi connectivity index (χ0) is 23.6. The monoisotopic (exact) mass is 449 g/mol. The topological polar surface area (TPSA) is 55.4 Å². The molecule has 1 N–H and O–H groups in total. The summed E-state index contributed by atoms with van der Waals surface area (Å²) in [6.07, 6.45) is 16.5. The molecule has 32 heavy (non-hydrogen) atoms. The average molecular weight is 450 g/mol. The van der Waals surface area contributed by atoms with Gasteiger partial charge < -0.3 is 10.1 Å². The Bertz CT molecular complexity index is 630. The minimum Gasteiger partial charge on any atom is -0.464 e. The lowest BCUT2D eigenvalue weighted by Gasteiger charge is -2.21. The first-order valence-electron chi connectivity index (χ1n) is 12.7. The SMILES string of the molecule is CCCCCCCCCCCCCCCOC(=O)C(NC(=O)c1ccc(F)cc1)C(C)C. The number of benzene rings is 1. The van der Waals surface area contributed by atoms with E-state index >= 15 is 0 Å². The highest BCUT2D eigenvalue weighted by molar-refractivity contribution is 5.96. The quantitative estimate of drug-likeness (QED) is 0.190. The van der Waals surface area contributed by atoms with Gasteiger partial charge in [0.2, 0.25) is 0 Å². The Kier molecular flexibility index (Phi) is 15.5. The molecular weight excluding hydrogens is 405 g/mol. The van der Waals surface area contributed by atoms with E-state index in [4.69, 9.17) is 4.74 Å². The van der Waals surface area contributed by atoms with Crippen LogP contribution in [0.4, 0.5) is 4.39 Å². The molecule has 0 spiro atoms. The van der Waals surface area contributed by atoms with E-state index in [2.05, 4.69) is 12.2 Å². The number of halogens is 1. The lowest BCUT2D eigenvalue weighted by atomic mass is 10.0. The molecule has 1 unspecified atom stereocenters. The first-order valence-corrected chi connectivity index (χ1v) is 12.7. The molecule has 0 saturated heterocycles. The van der Waals surface area contributed by atoms with E-state index in [1.54, 1.807) is 0 Å². The number of carbonyl (C=O) groups excluding carboxylic acids is 2. The van der Waals surface area contributed by atoms with Crippen LogP contribution in [0.25, 0.3) is 0 Å². The maximum absolute atomic E-state index is 13.0. The van der Waals surface area contributed by atoms with Crippen molar-refractivity contribution in [3.63, 3.8) is 0 Å². The largest absolute Gasteiger partial charge is 0.464 e. The highest BCUT2D eigenvalue weighted by Crippen LogP contribution is 2.13. The van der Waals surface area contributed by atoms with Gasteiger partial charge in [0.15, 0.2) is 0 Å². The predicted octanol–water partition coefficient (Wildman–Crippen LogP) is 7.21. The second kappa shape index (κ2) is 17.6. The smallest absolute Gasteiger partial charge is 0.328 e. The van der Waals surface area contributed by atoms with E-state index in [-0.39, 0.29) is 5.92 Å². The molecule has 1 atom stereocenters. The van der Waals surface area contributed by atoms with Crippen LogP contribution in [0.1, 0.15) is 115 Å². The fraction of sp³-hybridized carbons (Fsp3) is 0.704. The molecule has 0 aliphatic carbocycles. The van der Waals surface area contributed by atoms with Crippen molar-refractivity contribution >= 4 is 11.9 Å². The summed E-state index contributed by atoms with van der Waals surface area (Å²) in [7, 11) is 0. The minimum absolute atomic E-state index is 0.0986. The van der Waals surface area contributed by atoms with Crippen LogP contribution in [0.5, 0.6) is 0 Å². The Morgan fingerprint density at radius 1 is 0.812 bits per heavy atom. The summed E-state index contributed by atoms with van der Waals surface area (Å²) in [4.78, 5) is 24.8. The molecule has 182 valence electrons. The van der Waals surface area contributed by atoms with Crippen molar-refractivity contribution in [2.24, 2.45) is 5.92 Å². The molecule has 0 aromatic heterocycles. The molecule has 0 bridgehead atoms. The summed E-state index contributed by atoms with van der Waals surface area (Å²) in [6, 6.07) is 4.55. The number of nitrogens with one attached hydrogen (secondary N) is 1. The molecule has 1 amide bonds. The molecule has 0 aliphatic rings. The number of unbranched alkanes of at least 4 members (excludes halogenated alkanes) is 12. The van der Waals surface area contributed by atoms with E-state index in [1.807, 2.05) is 13.8 Å². The number of hydrogen-bond donors (Lipinski definition) is 1. The molecule has 1 aromatic rings. The van der Waals surface area contributed by atoms with Gasteiger partial charge in [-0.1, -0.05) is 97.8 Å². The molecule has 0 fully saturated rings. The van der Waals surface area contributed by atoms with Gasteiger partial charge in [-0.15, -0.1) is 0 Å². The fourth-order valence-corrected chi connectivity index (χ4v) is 3.71. The second-order valence-corrected chi connectivity index (χ2v) is 9.11. The number of ether oxygens (including phenoxy) is 1. The Morgan fingerprint density at radius 2 is 1.28 bits per heavy atom. The van der Waals surface area contributed by atoms with Gasteiger partial charge in [-0.2, -0.15) is 0 Å². The molecular formula is C27H44FNO3. The van der Waals surface area contributed by atoms with Crippen LogP contribution < -0.4 is 5.32 Å². The number of rotatable bonds is 18. The zero-order valence-corrected chi connectivity index (χ0v) is 20.5. The Hall–Kier alpha value is -1.91. The first kappa shape index (κ1) is 28.1. The lowest BCUT2D eigenvalue weighted by molar-refractivity contribution is -0.147. The Labute approximate surface area is 194 Å². The van der Waals surface area contributed by atoms with Gasteiger partial charge in [-0.3, -0.25) is 4.79 Å². The summed E-state index contributed by atoms with van der Waals surface area (Å²) < 4.78 is 18.4. The third-order valence-corrected chi connectivity index (χ3v) is 5.81. The zero-order valence-electron chi connectivity index (χ0n) is 20.5. The molecule has 0 heterocycles. The van der Waals surface area contributed by atoms with Crippen molar-refractivity contribution in [3.05, 3.63) is 35.6 Å². The minimum atomic E-state index is -0.713. The summed E-state index contributed by atoms with van der Waals surface area (Å²) in [5.41, 5.74) is 0.321. The fourth-order valence-electron chi connectivity index (χ4n) is 3.71. The summed E-state index contributed by atoms with van der Waals surface area (Å²) in [5.74, 6) is -1.31. The normalized spacial score (nSPS) is 12.0. The van der Waals surface area contributed by atoms with Crippen LogP contribution >= 0.6 is 0 Å².